The number of aryl methyl sites for hydroxylation is 2. The maximum Gasteiger partial charge on any atom is 0.280 e. The summed E-state index contributed by atoms with van der Waals surface area (Å²) < 4.78 is 28.4. The number of primary amides is 1. The SMILES string of the molecule is CCn1nc(C)c(C(=O)Nc2c(C(N)=O)sc3nc(C(F)F)cc(C4CC4)c23)c1C. The minimum atomic E-state index is -2.73. The molecule has 3 N–H and O–H groups in total. The summed E-state index contributed by atoms with van der Waals surface area (Å²) in [4.78, 5) is 29.6. The first-order valence-corrected chi connectivity index (χ1v) is 10.4. The molecule has 4 rings (SSSR count). The highest BCUT2D eigenvalue weighted by Gasteiger charge is 2.32. The number of anilines is 1. The van der Waals surface area contributed by atoms with Crippen LogP contribution in [0.2, 0.25) is 0 Å². The fraction of sp³-hybridized carbons (Fsp3) is 0.400. The second-order valence-electron chi connectivity index (χ2n) is 7.38. The van der Waals surface area contributed by atoms with Crippen molar-refractivity contribution >= 4 is 39.1 Å². The minimum absolute atomic E-state index is 0.0948. The zero-order chi connectivity index (χ0) is 21.7. The Kier molecular flexibility index (Phi) is 5.05. The molecule has 158 valence electrons. The monoisotopic (exact) mass is 433 g/mol. The van der Waals surface area contributed by atoms with Crippen LogP contribution < -0.4 is 11.1 Å². The van der Waals surface area contributed by atoms with E-state index in [4.69, 9.17) is 5.73 Å². The quantitative estimate of drug-likeness (QED) is 0.605. The van der Waals surface area contributed by atoms with Gasteiger partial charge in [-0.1, -0.05) is 0 Å². The van der Waals surface area contributed by atoms with Gasteiger partial charge in [-0.05, 0) is 51.2 Å². The summed E-state index contributed by atoms with van der Waals surface area (Å²) in [6, 6.07) is 1.38. The van der Waals surface area contributed by atoms with E-state index in [0.717, 1.165) is 24.2 Å². The molecule has 1 fully saturated rings. The lowest BCUT2D eigenvalue weighted by molar-refractivity contribution is 0.100. The van der Waals surface area contributed by atoms with Crippen LogP contribution in [0.1, 0.15) is 74.8 Å². The summed E-state index contributed by atoms with van der Waals surface area (Å²) in [5.41, 5.74) is 7.80. The first-order chi connectivity index (χ1) is 14.2. The number of thiophene rings is 1. The highest BCUT2D eigenvalue weighted by Crippen LogP contribution is 2.48. The van der Waals surface area contributed by atoms with Gasteiger partial charge in [0, 0.05) is 17.6 Å². The number of amides is 2. The van der Waals surface area contributed by atoms with E-state index in [-0.39, 0.29) is 27.0 Å². The van der Waals surface area contributed by atoms with Crippen molar-refractivity contribution in [1.29, 1.82) is 0 Å². The Morgan fingerprint density at radius 3 is 2.60 bits per heavy atom. The van der Waals surface area contributed by atoms with Crippen LogP contribution in [-0.2, 0) is 6.54 Å². The summed E-state index contributed by atoms with van der Waals surface area (Å²) in [7, 11) is 0. The van der Waals surface area contributed by atoms with Crippen LogP contribution in [0.3, 0.4) is 0 Å². The first-order valence-electron chi connectivity index (χ1n) is 9.63. The third-order valence-corrected chi connectivity index (χ3v) is 6.42. The molecule has 30 heavy (non-hydrogen) atoms. The fourth-order valence-corrected chi connectivity index (χ4v) is 4.80. The molecule has 1 aliphatic rings. The van der Waals surface area contributed by atoms with E-state index in [1.54, 1.807) is 18.5 Å². The van der Waals surface area contributed by atoms with Crippen molar-refractivity contribution in [2.75, 3.05) is 5.32 Å². The topological polar surface area (TPSA) is 103 Å². The number of aromatic nitrogens is 3. The van der Waals surface area contributed by atoms with E-state index < -0.39 is 18.2 Å². The lowest BCUT2D eigenvalue weighted by Gasteiger charge is -2.10. The second kappa shape index (κ2) is 7.42. The van der Waals surface area contributed by atoms with E-state index in [1.165, 1.54) is 6.07 Å². The molecule has 7 nitrogen and oxygen atoms in total. The van der Waals surface area contributed by atoms with Gasteiger partial charge in [0.2, 0.25) is 0 Å². The van der Waals surface area contributed by atoms with Crippen molar-refractivity contribution < 1.29 is 18.4 Å². The van der Waals surface area contributed by atoms with E-state index in [9.17, 15) is 18.4 Å². The van der Waals surface area contributed by atoms with Crippen molar-refractivity contribution in [3.63, 3.8) is 0 Å². The summed E-state index contributed by atoms with van der Waals surface area (Å²) in [5.74, 6) is -1.07. The fourth-order valence-electron chi connectivity index (χ4n) is 3.78. The van der Waals surface area contributed by atoms with E-state index in [0.29, 0.717) is 34.4 Å². The van der Waals surface area contributed by atoms with Gasteiger partial charge in [0.05, 0.1) is 16.9 Å². The number of halogens is 2. The Bertz CT molecular complexity index is 1180. The van der Waals surface area contributed by atoms with Crippen molar-refractivity contribution in [3.05, 3.63) is 39.2 Å². The highest BCUT2D eigenvalue weighted by molar-refractivity contribution is 7.21. The lowest BCUT2D eigenvalue weighted by atomic mass is 10.0. The predicted molar refractivity (Wildman–Crippen MR) is 110 cm³/mol. The van der Waals surface area contributed by atoms with Gasteiger partial charge in [-0.25, -0.2) is 13.8 Å². The van der Waals surface area contributed by atoms with Crippen LogP contribution in [0, 0.1) is 13.8 Å². The molecule has 3 heterocycles. The zero-order valence-corrected chi connectivity index (χ0v) is 17.6. The van der Waals surface area contributed by atoms with Crippen molar-refractivity contribution in [2.24, 2.45) is 5.73 Å². The van der Waals surface area contributed by atoms with Gasteiger partial charge in [0.1, 0.15) is 15.4 Å². The molecular weight excluding hydrogens is 412 g/mol. The largest absolute Gasteiger partial charge is 0.365 e. The Hall–Kier alpha value is -2.88. The standard InChI is InChI=1S/C20H21F2N5O2S/c1-4-27-9(3)13(8(2)26-27)19(29)25-15-14-11(10-5-6-10)7-12(17(21)22)24-20(14)30-16(15)18(23)28/h7,10,17H,4-6H2,1-3H3,(H2,23,28)(H,25,29). The molecule has 2 amide bonds. The van der Waals surface area contributed by atoms with Gasteiger partial charge in [0.25, 0.3) is 18.2 Å². The Balaban J connectivity index is 1.87. The first kappa shape index (κ1) is 20.4. The van der Waals surface area contributed by atoms with Crippen LogP contribution in [0.25, 0.3) is 10.2 Å². The number of fused-ring (bicyclic) bond motifs is 1. The molecule has 0 atom stereocenters. The molecule has 0 saturated heterocycles. The third-order valence-electron chi connectivity index (χ3n) is 5.32. The third kappa shape index (κ3) is 3.34. The number of carbonyl (C=O) groups excluding carboxylic acids is 2. The molecular formula is C20H21F2N5O2S. The van der Waals surface area contributed by atoms with Crippen molar-refractivity contribution in [1.82, 2.24) is 14.8 Å². The molecule has 3 aromatic heterocycles. The van der Waals surface area contributed by atoms with Gasteiger partial charge in [0.15, 0.2) is 0 Å². The molecule has 0 spiro atoms. The maximum absolute atomic E-state index is 13.4. The number of carbonyl (C=O) groups is 2. The normalized spacial score (nSPS) is 13.9. The van der Waals surface area contributed by atoms with Crippen LogP contribution in [-0.4, -0.2) is 26.6 Å². The number of nitrogens with two attached hydrogens (primary N) is 1. The van der Waals surface area contributed by atoms with Gasteiger partial charge in [-0.3, -0.25) is 14.3 Å². The number of rotatable bonds is 6. The molecule has 0 aliphatic heterocycles. The molecule has 0 bridgehead atoms. The molecule has 10 heteroatoms. The summed E-state index contributed by atoms with van der Waals surface area (Å²) >= 11 is 0.924. The second-order valence-corrected chi connectivity index (χ2v) is 8.38. The minimum Gasteiger partial charge on any atom is -0.365 e. The van der Waals surface area contributed by atoms with Crippen molar-refractivity contribution in [2.45, 2.75) is 52.5 Å². The van der Waals surface area contributed by atoms with E-state index in [1.807, 2.05) is 6.92 Å². The highest BCUT2D eigenvalue weighted by atomic mass is 32.1. The number of nitrogens with one attached hydrogen (secondary N) is 1. The Morgan fingerprint density at radius 1 is 1.37 bits per heavy atom. The van der Waals surface area contributed by atoms with E-state index in [2.05, 4.69) is 15.4 Å². The average molecular weight is 433 g/mol. The van der Waals surface area contributed by atoms with Gasteiger partial charge in [-0.15, -0.1) is 11.3 Å². The molecule has 1 saturated carbocycles. The van der Waals surface area contributed by atoms with Gasteiger partial charge >= 0.3 is 0 Å². The van der Waals surface area contributed by atoms with Crippen LogP contribution in [0.5, 0.6) is 0 Å². The maximum atomic E-state index is 13.4. The number of nitrogens with zero attached hydrogens (tertiary/aromatic N) is 3. The summed E-state index contributed by atoms with van der Waals surface area (Å²) in [6.07, 6.45) is -1.01. The number of hydrogen-bond acceptors (Lipinski definition) is 5. The molecule has 0 aromatic carbocycles. The zero-order valence-electron chi connectivity index (χ0n) is 16.8. The van der Waals surface area contributed by atoms with Crippen LogP contribution in [0.4, 0.5) is 14.5 Å². The number of pyridine rings is 1. The Morgan fingerprint density at radius 2 is 2.07 bits per heavy atom. The van der Waals surface area contributed by atoms with E-state index >= 15 is 0 Å². The predicted octanol–water partition coefficient (Wildman–Crippen LogP) is 4.30. The molecule has 3 aromatic rings. The lowest BCUT2D eigenvalue weighted by Crippen LogP contribution is -2.18. The molecule has 0 radical (unpaired) electrons. The molecule has 0 unspecified atom stereocenters. The van der Waals surface area contributed by atoms with Crippen LogP contribution >= 0.6 is 11.3 Å². The van der Waals surface area contributed by atoms with Crippen LogP contribution in [0.15, 0.2) is 6.07 Å². The number of hydrogen-bond donors (Lipinski definition) is 2. The number of alkyl halides is 2. The van der Waals surface area contributed by atoms with Gasteiger partial charge < -0.3 is 11.1 Å². The average Bonchev–Trinajstić information content (AvgIpc) is 3.41. The smallest absolute Gasteiger partial charge is 0.280 e. The summed E-state index contributed by atoms with van der Waals surface area (Å²) in [6.45, 7) is 6.07. The molecule has 1 aliphatic carbocycles. The van der Waals surface area contributed by atoms with Crippen molar-refractivity contribution in [3.8, 4) is 0 Å². The summed E-state index contributed by atoms with van der Waals surface area (Å²) in [5, 5.41) is 7.69. The van der Waals surface area contributed by atoms with Gasteiger partial charge in [-0.2, -0.15) is 5.10 Å². The Labute approximate surface area is 175 Å².